The second-order valence-corrected chi connectivity index (χ2v) is 9.77. The van der Waals surface area contributed by atoms with E-state index >= 15 is 0 Å². The van der Waals surface area contributed by atoms with Crippen LogP contribution in [0.2, 0.25) is 10.0 Å². The van der Waals surface area contributed by atoms with Gasteiger partial charge in [-0.25, -0.2) is 14.4 Å². The molecule has 1 unspecified atom stereocenters. The highest BCUT2D eigenvalue weighted by Crippen LogP contribution is 2.44. The van der Waals surface area contributed by atoms with E-state index in [4.69, 9.17) is 37.4 Å². The molecule has 4 atom stereocenters. The number of hydrogen-bond acceptors (Lipinski definition) is 7. The van der Waals surface area contributed by atoms with Crippen LogP contribution < -0.4 is 20.1 Å². The molecule has 0 amide bonds. The van der Waals surface area contributed by atoms with Crippen molar-refractivity contribution in [3.8, 4) is 11.5 Å². The Morgan fingerprint density at radius 1 is 1.09 bits per heavy atom. The van der Waals surface area contributed by atoms with Gasteiger partial charge < -0.3 is 24.8 Å². The highest BCUT2D eigenvalue weighted by molar-refractivity contribution is 6.42. The van der Waals surface area contributed by atoms with Gasteiger partial charge in [-0.1, -0.05) is 23.2 Å². The van der Waals surface area contributed by atoms with Crippen molar-refractivity contribution in [2.75, 3.05) is 31.6 Å². The number of halogens is 3. The maximum Gasteiger partial charge on any atom is 0.166 e. The van der Waals surface area contributed by atoms with Crippen molar-refractivity contribution < 1.29 is 18.6 Å². The van der Waals surface area contributed by atoms with Crippen LogP contribution in [0.15, 0.2) is 30.6 Å². The van der Waals surface area contributed by atoms with Crippen molar-refractivity contribution in [3.05, 3.63) is 46.5 Å². The molecule has 1 aromatic heterocycles. The minimum atomic E-state index is -0.645. The first-order chi connectivity index (χ1) is 16.6. The quantitative estimate of drug-likeness (QED) is 0.458. The van der Waals surface area contributed by atoms with Crippen molar-refractivity contribution in [2.24, 2.45) is 11.8 Å². The average Bonchev–Trinajstić information content (AvgIpc) is 3.36. The Kier molecular flexibility index (Phi) is 5.85. The van der Waals surface area contributed by atoms with Crippen LogP contribution in [0.3, 0.4) is 0 Å². The van der Waals surface area contributed by atoms with Crippen LogP contribution in [0.1, 0.15) is 12.8 Å². The van der Waals surface area contributed by atoms with Gasteiger partial charge in [0.25, 0.3) is 0 Å². The van der Waals surface area contributed by atoms with E-state index in [0.29, 0.717) is 53.3 Å². The van der Waals surface area contributed by atoms with E-state index in [-0.39, 0.29) is 27.9 Å². The summed E-state index contributed by atoms with van der Waals surface area (Å²) >= 11 is 11.9. The third-order valence-corrected chi connectivity index (χ3v) is 7.56. The number of hydrogen-bond donors (Lipinski definition) is 2. The highest BCUT2D eigenvalue weighted by atomic mass is 35.5. The molecule has 1 saturated carbocycles. The summed E-state index contributed by atoms with van der Waals surface area (Å²) in [4.78, 5) is 8.76. The molecule has 7 nitrogen and oxygen atoms in total. The lowest BCUT2D eigenvalue weighted by Crippen LogP contribution is -2.59. The number of aromatic nitrogens is 2. The highest BCUT2D eigenvalue weighted by Gasteiger charge is 2.46. The fourth-order valence-electron chi connectivity index (χ4n) is 4.92. The van der Waals surface area contributed by atoms with Crippen molar-refractivity contribution in [2.45, 2.75) is 25.0 Å². The maximum absolute atomic E-state index is 14.7. The summed E-state index contributed by atoms with van der Waals surface area (Å²) in [7, 11) is 0. The zero-order valence-corrected chi connectivity index (χ0v) is 19.7. The van der Waals surface area contributed by atoms with Gasteiger partial charge in [0, 0.05) is 42.8 Å². The number of benzene rings is 2. The first-order valence-electron chi connectivity index (χ1n) is 11.4. The minimum absolute atomic E-state index is 0.0351. The van der Waals surface area contributed by atoms with Crippen LogP contribution in [0.25, 0.3) is 10.9 Å². The zero-order chi connectivity index (χ0) is 23.2. The van der Waals surface area contributed by atoms with Crippen LogP contribution in [0.5, 0.6) is 11.5 Å². The van der Waals surface area contributed by atoms with E-state index in [9.17, 15) is 4.39 Å². The predicted molar refractivity (Wildman–Crippen MR) is 128 cm³/mol. The maximum atomic E-state index is 14.7. The molecule has 10 heteroatoms. The summed E-state index contributed by atoms with van der Waals surface area (Å²) < 4.78 is 33.0. The Hall–Kier alpha value is -2.39. The van der Waals surface area contributed by atoms with Crippen molar-refractivity contribution >= 4 is 45.6 Å². The van der Waals surface area contributed by atoms with Gasteiger partial charge in [-0.2, -0.15) is 0 Å². The average molecular weight is 505 g/mol. The summed E-state index contributed by atoms with van der Waals surface area (Å²) in [5.41, 5.74) is 0.814. The third-order valence-electron chi connectivity index (χ3n) is 6.78. The second kappa shape index (κ2) is 9.00. The molecule has 3 aliphatic rings. The van der Waals surface area contributed by atoms with Crippen LogP contribution in [0.4, 0.5) is 15.9 Å². The van der Waals surface area contributed by atoms with Gasteiger partial charge in [-0.3, -0.25) is 0 Å². The predicted octanol–water partition coefficient (Wildman–Crippen LogP) is 4.97. The van der Waals surface area contributed by atoms with Gasteiger partial charge in [0.05, 0.1) is 34.5 Å². The summed E-state index contributed by atoms with van der Waals surface area (Å²) in [6.45, 7) is 3.13. The van der Waals surface area contributed by atoms with Crippen molar-refractivity contribution in [1.82, 2.24) is 15.3 Å². The topological polar surface area (TPSA) is 77.5 Å². The first-order valence-corrected chi connectivity index (χ1v) is 12.1. The standard InChI is InChI=1S/C24H23Cl2FN4O3/c25-16-1-2-17(22(27)21(16)26)31-24-15-6-19(34-23-12-5-13(23)9-28-8-12)20(7-18(15)29-11-30-24)33-14-3-4-32-10-14/h1-2,6-7,11-14,23,28H,3-5,8-10H2,(H,29,30,31)/t12-,13+,14-,23?/m0/s1. The van der Waals surface area contributed by atoms with E-state index in [1.165, 1.54) is 24.9 Å². The Bertz CT molecular complexity index is 1230. The van der Waals surface area contributed by atoms with Gasteiger partial charge in [0.15, 0.2) is 17.3 Å². The first kappa shape index (κ1) is 22.1. The molecule has 3 aromatic rings. The van der Waals surface area contributed by atoms with E-state index in [1.807, 2.05) is 12.1 Å². The fourth-order valence-corrected chi connectivity index (χ4v) is 5.23. The monoisotopic (exact) mass is 504 g/mol. The molecule has 1 aliphatic carbocycles. The Morgan fingerprint density at radius 3 is 2.68 bits per heavy atom. The Morgan fingerprint density at radius 2 is 1.91 bits per heavy atom. The molecule has 0 spiro atoms. The van der Waals surface area contributed by atoms with E-state index in [2.05, 4.69) is 20.6 Å². The molecular weight excluding hydrogens is 482 g/mol. The molecular formula is C24H23Cl2FN4O3. The summed E-state index contributed by atoms with van der Waals surface area (Å²) in [6, 6.07) is 6.79. The van der Waals surface area contributed by atoms with Gasteiger partial charge in [-0.15, -0.1) is 0 Å². The molecule has 3 fully saturated rings. The molecule has 2 bridgehead atoms. The van der Waals surface area contributed by atoms with Gasteiger partial charge in [-0.05, 0) is 24.6 Å². The zero-order valence-electron chi connectivity index (χ0n) is 18.2. The van der Waals surface area contributed by atoms with Gasteiger partial charge >= 0.3 is 0 Å². The lowest BCUT2D eigenvalue weighted by molar-refractivity contribution is -0.0463. The number of nitrogens with zero attached hydrogens (tertiary/aromatic N) is 2. The summed E-state index contributed by atoms with van der Waals surface area (Å²) in [5.74, 6) is 2.01. The minimum Gasteiger partial charge on any atom is -0.486 e. The Balaban J connectivity index is 1.38. The normalized spacial score (nSPS) is 25.7. The third kappa shape index (κ3) is 4.02. The molecule has 178 valence electrons. The largest absolute Gasteiger partial charge is 0.486 e. The number of anilines is 2. The van der Waals surface area contributed by atoms with Crippen molar-refractivity contribution in [3.63, 3.8) is 0 Å². The van der Waals surface area contributed by atoms with E-state index < -0.39 is 5.82 Å². The van der Waals surface area contributed by atoms with E-state index in [1.54, 1.807) is 0 Å². The molecule has 2 aromatic carbocycles. The van der Waals surface area contributed by atoms with Crippen molar-refractivity contribution in [1.29, 1.82) is 0 Å². The molecule has 34 heavy (non-hydrogen) atoms. The van der Waals surface area contributed by atoms with Crippen LogP contribution in [-0.2, 0) is 4.74 Å². The molecule has 2 aliphatic heterocycles. The smallest absolute Gasteiger partial charge is 0.166 e. The number of nitrogens with one attached hydrogen (secondary N) is 2. The number of ether oxygens (including phenoxy) is 3. The lowest BCUT2D eigenvalue weighted by Gasteiger charge is -2.49. The summed E-state index contributed by atoms with van der Waals surface area (Å²) in [5, 5.41) is 7.15. The SMILES string of the molecule is Fc1c(Nc2ncnc3cc(O[C@H]4CCOC4)c(OC4[C@@H]5CNC[C@H]4C5)cc23)ccc(Cl)c1Cl. The number of fused-ring (bicyclic) bond motifs is 3. The Labute approximate surface area is 205 Å². The lowest BCUT2D eigenvalue weighted by atomic mass is 9.69. The van der Waals surface area contributed by atoms with Crippen LogP contribution >= 0.6 is 23.2 Å². The molecule has 2 N–H and O–H groups in total. The van der Waals surface area contributed by atoms with Crippen LogP contribution in [0, 0.1) is 17.7 Å². The number of rotatable bonds is 6. The molecule has 0 radical (unpaired) electrons. The molecule has 6 rings (SSSR count). The molecule has 3 heterocycles. The fraction of sp³-hybridized carbons (Fsp3) is 0.417. The van der Waals surface area contributed by atoms with Crippen LogP contribution in [-0.4, -0.2) is 48.5 Å². The second-order valence-electron chi connectivity index (χ2n) is 8.99. The summed E-state index contributed by atoms with van der Waals surface area (Å²) in [6.07, 6.45) is 3.51. The van der Waals surface area contributed by atoms with Gasteiger partial charge in [0.1, 0.15) is 24.4 Å². The van der Waals surface area contributed by atoms with Gasteiger partial charge in [0.2, 0.25) is 0 Å². The number of piperidine rings is 2. The molecule has 2 saturated heterocycles. The van der Waals surface area contributed by atoms with E-state index in [0.717, 1.165) is 19.5 Å².